The summed E-state index contributed by atoms with van der Waals surface area (Å²) in [6.07, 6.45) is 11.1. The summed E-state index contributed by atoms with van der Waals surface area (Å²) in [5.41, 5.74) is 1.36. The fourth-order valence-corrected chi connectivity index (χ4v) is 3.53. The summed E-state index contributed by atoms with van der Waals surface area (Å²) < 4.78 is 5.98. The number of rotatable bonds is 6. The second-order valence-electron chi connectivity index (χ2n) is 4.45. The Morgan fingerprint density at radius 3 is 2.47 bits per heavy atom. The first-order chi connectivity index (χ1) is 6.64. The Kier molecular flexibility index (Phi) is 16.3. The maximum Gasteiger partial charge on any atom is 0.187 e. The van der Waals surface area contributed by atoms with Crippen molar-refractivity contribution in [2.75, 3.05) is 6.61 Å². The molecule has 5 heteroatoms. The number of allylic oxidation sites excluding steroid dienone is 4. The number of unbranched alkanes of at least 4 members (excludes halogenated alkanes) is 1. The molecular weight excluding hydrogens is 307 g/mol. The van der Waals surface area contributed by atoms with Crippen LogP contribution in [0.3, 0.4) is 0 Å². The van der Waals surface area contributed by atoms with Gasteiger partial charge in [0.25, 0.3) is 0 Å². The van der Waals surface area contributed by atoms with E-state index in [0.717, 1.165) is 19.1 Å². The molecule has 0 heterocycles. The van der Waals surface area contributed by atoms with Crippen LogP contribution in [0.1, 0.15) is 26.2 Å². The molecular formula is C12H23Cl2OSiTi-. The first-order valence-corrected chi connectivity index (χ1v) is 8.66. The van der Waals surface area contributed by atoms with Gasteiger partial charge in [0, 0.05) is 28.3 Å². The molecule has 0 saturated heterocycles. The van der Waals surface area contributed by atoms with Gasteiger partial charge in [0.05, 0.1) is 0 Å². The van der Waals surface area contributed by atoms with Gasteiger partial charge < -0.3 is 4.43 Å². The predicted octanol–water partition coefficient (Wildman–Crippen LogP) is 4.54. The zero-order chi connectivity index (χ0) is 10.4. The predicted molar refractivity (Wildman–Crippen MR) is 78.2 cm³/mol. The zero-order valence-corrected chi connectivity index (χ0v) is 15.1. The molecule has 0 spiro atoms. The molecule has 1 nitrogen and oxygen atoms in total. The van der Waals surface area contributed by atoms with Crippen molar-refractivity contribution < 1.29 is 26.1 Å². The fourth-order valence-electron chi connectivity index (χ4n) is 1.57. The normalized spacial score (nSPS) is 13.2. The van der Waals surface area contributed by atoms with Crippen LogP contribution in [-0.4, -0.2) is 14.9 Å². The molecule has 0 aromatic heterocycles. The van der Waals surface area contributed by atoms with Crippen molar-refractivity contribution in [1.82, 2.24) is 0 Å². The Balaban J connectivity index is -0.000000653. The van der Waals surface area contributed by atoms with E-state index in [-0.39, 0.29) is 46.5 Å². The summed E-state index contributed by atoms with van der Waals surface area (Å²) in [5, 5.41) is 0. The summed E-state index contributed by atoms with van der Waals surface area (Å²) >= 11 is 0. The maximum absolute atomic E-state index is 5.98. The summed E-state index contributed by atoms with van der Waals surface area (Å²) in [7, 11) is -1.46. The average molecular weight is 330 g/mol. The van der Waals surface area contributed by atoms with E-state index in [2.05, 4.69) is 38.2 Å². The third-order valence-electron chi connectivity index (χ3n) is 2.37. The topological polar surface area (TPSA) is 9.23 Å². The Morgan fingerprint density at radius 1 is 1.35 bits per heavy atom. The van der Waals surface area contributed by atoms with E-state index < -0.39 is 8.32 Å². The summed E-state index contributed by atoms with van der Waals surface area (Å²) in [5.74, 6) is 0. The van der Waals surface area contributed by atoms with Crippen LogP contribution >= 0.6 is 24.8 Å². The summed E-state index contributed by atoms with van der Waals surface area (Å²) in [4.78, 5) is 0. The van der Waals surface area contributed by atoms with Crippen molar-refractivity contribution in [3.63, 3.8) is 0 Å². The minimum atomic E-state index is -1.46. The molecule has 0 aromatic rings. The van der Waals surface area contributed by atoms with Gasteiger partial charge in [-0.1, -0.05) is 13.3 Å². The van der Waals surface area contributed by atoms with E-state index in [1.165, 1.54) is 18.4 Å². The molecule has 1 aliphatic rings. The smallest absolute Gasteiger partial charge is 0.187 e. The van der Waals surface area contributed by atoms with Gasteiger partial charge in [-0.3, -0.25) is 6.08 Å². The number of hydrogen-bond donors (Lipinski definition) is 0. The number of halogens is 2. The van der Waals surface area contributed by atoms with E-state index in [1.54, 1.807) is 0 Å². The number of hydrogen-bond acceptors (Lipinski definition) is 1. The second kappa shape index (κ2) is 12.0. The zero-order valence-electron chi connectivity index (χ0n) is 10.9. The minimum absolute atomic E-state index is 0. The summed E-state index contributed by atoms with van der Waals surface area (Å²) in [6.45, 7) is 7.73. The van der Waals surface area contributed by atoms with Gasteiger partial charge in [-0.25, -0.2) is 11.6 Å². The Bertz CT molecular complexity index is 243. The van der Waals surface area contributed by atoms with Gasteiger partial charge >= 0.3 is 0 Å². The van der Waals surface area contributed by atoms with Crippen molar-refractivity contribution in [3.05, 3.63) is 23.8 Å². The van der Waals surface area contributed by atoms with E-state index in [0.29, 0.717) is 0 Å². The minimum Gasteiger partial charge on any atom is -0.417 e. The van der Waals surface area contributed by atoms with E-state index in [4.69, 9.17) is 4.43 Å². The molecule has 0 amide bonds. The molecule has 0 unspecified atom stereocenters. The van der Waals surface area contributed by atoms with Crippen molar-refractivity contribution in [1.29, 1.82) is 0 Å². The molecule has 1 aliphatic carbocycles. The first-order valence-electron chi connectivity index (χ1n) is 5.54. The van der Waals surface area contributed by atoms with Crippen LogP contribution in [0.5, 0.6) is 0 Å². The average Bonchev–Trinajstić information content (AvgIpc) is 2.56. The summed E-state index contributed by atoms with van der Waals surface area (Å²) in [6, 6.07) is 1.12. The fraction of sp³-hybridized carbons (Fsp3) is 0.667. The van der Waals surface area contributed by atoms with Gasteiger partial charge in [-0.05, 0) is 25.6 Å². The Morgan fingerprint density at radius 2 is 2.00 bits per heavy atom. The molecule has 0 radical (unpaired) electrons. The van der Waals surface area contributed by atoms with Crippen LogP contribution in [0.25, 0.3) is 0 Å². The first kappa shape index (κ1) is 23.1. The van der Waals surface area contributed by atoms with Gasteiger partial charge in [0.15, 0.2) is 8.32 Å². The Labute approximate surface area is 134 Å². The van der Waals surface area contributed by atoms with Crippen LogP contribution in [0.4, 0.5) is 0 Å². The Hall–Kier alpha value is 0.951. The molecule has 0 saturated carbocycles. The monoisotopic (exact) mass is 329 g/mol. The van der Waals surface area contributed by atoms with E-state index in [9.17, 15) is 0 Å². The van der Waals surface area contributed by atoms with Gasteiger partial charge in [-0.15, -0.1) is 31.2 Å². The standard InChI is InChI=1S/C12H21OSi.2ClH.Ti/c1-4-5-10-13-14(2,3)11-12-8-6-7-9-12;;;/h6,8H,4-5,7,10-11H2,1-3H3;2*1H;/q-1;;;. The van der Waals surface area contributed by atoms with Gasteiger partial charge in [-0.2, -0.15) is 6.08 Å². The van der Waals surface area contributed by atoms with Crippen molar-refractivity contribution >= 4 is 33.1 Å². The molecule has 0 aromatic carbocycles. The second-order valence-corrected chi connectivity index (χ2v) is 8.61. The van der Waals surface area contributed by atoms with Gasteiger partial charge in [0.1, 0.15) is 0 Å². The van der Waals surface area contributed by atoms with E-state index >= 15 is 0 Å². The molecule has 0 bridgehead atoms. The van der Waals surface area contributed by atoms with Crippen LogP contribution in [0, 0.1) is 6.08 Å². The molecule has 0 atom stereocenters. The maximum atomic E-state index is 5.98. The largest absolute Gasteiger partial charge is 0.417 e. The molecule has 0 fully saturated rings. The molecule has 17 heavy (non-hydrogen) atoms. The third-order valence-corrected chi connectivity index (χ3v) is 4.59. The van der Waals surface area contributed by atoms with Crippen molar-refractivity contribution in [2.45, 2.75) is 45.3 Å². The van der Waals surface area contributed by atoms with Crippen molar-refractivity contribution in [2.24, 2.45) is 0 Å². The third kappa shape index (κ3) is 10.6. The molecule has 100 valence electrons. The van der Waals surface area contributed by atoms with Crippen molar-refractivity contribution in [3.8, 4) is 0 Å². The van der Waals surface area contributed by atoms with Gasteiger partial charge in [0.2, 0.25) is 0 Å². The van der Waals surface area contributed by atoms with Crippen LogP contribution in [-0.2, 0) is 26.1 Å². The van der Waals surface area contributed by atoms with Crippen LogP contribution in [0.15, 0.2) is 17.7 Å². The quantitative estimate of drug-likeness (QED) is 0.395. The molecule has 1 rings (SSSR count). The SMILES string of the molecule is CCCCO[Si](C)(C)CC1=[C-]CC=C1.Cl.Cl.[Ti]. The molecule has 0 aliphatic heterocycles. The van der Waals surface area contributed by atoms with Crippen LogP contribution < -0.4 is 0 Å². The van der Waals surface area contributed by atoms with Crippen LogP contribution in [0.2, 0.25) is 19.1 Å². The van der Waals surface area contributed by atoms with E-state index in [1.807, 2.05) is 0 Å². The molecule has 0 N–H and O–H groups in total.